The van der Waals surface area contributed by atoms with Gasteiger partial charge < -0.3 is 20.4 Å². The van der Waals surface area contributed by atoms with Gasteiger partial charge in [-0.05, 0) is 25.8 Å². The van der Waals surface area contributed by atoms with Crippen molar-refractivity contribution in [2.45, 2.75) is 25.8 Å². The number of hydrogen-bond acceptors (Lipinski definition) is 6. The maximum Gasteiger partial charge on any atom is 0.409 e. The highest BCUT2D eigenvalue weighted by atomic mass is 16.6. The standard InChI is InChI=1S/C13H21N5O2/c1-2-20-13(19)18-7-4-10(5-8-18)16-11-3-6-15-12(9-11)17-14/h3,6,9-10H,2,4-5,7-8,14H2,1H3,(H2,15,16,17). The molecule has 1 amide bonds. The van der Waals surface area contributed by atoms with Crippen LogP contribution < -0.4 is 16.6 Å². The highest BCUT2D eigenvalue weighted by Crippen LogP contribution is 2.18. The second-order valence-electron chi connectivity index (χ2n) is 4.68. The van der Waals surface area contributed by atoms with Crippen molar-refractivity contribution in [1.29, 1.82) is 0 Å². The molecule has 2 heterocycles. The van der Waals surface area contributed by atoms with Crippen molar-refractivity contribution in [2.75, 3.05) is 30.4 Å². The summed E-state index contributed by atoms with van der Waals surface area (Å²) in [6, 6.07) is 4.10. The van der Waals surface area contributed by atoms with Crippen LogP contribution in [0.2, 0.25) is 0 Å². The molecule has 1 aromatic heterocycles. The van der Waals surface area contributed by atoms with Gasteiger partial charge in [-0.3, -0.25) is 0 Å². The van der Waals surface area contributed by atoms with E-state index < -0.39 is 0 Å². The Labute approximate surface area is 118 Å². The molecule has 2 rings (SSSR count). The highest BCUT2D eigenvalue weighted by Gasteiger charge is 2.23. The Balaban J connectivity index is 1.83. The van der Waals surface area contributed by atoms with Crippen LogP contribution in [0.15, 0.2) is 18.3 Å². The number of nitrogens with zero attached hydrogens (tertiary/aromatic N) is 2. The topological polar surface area (TPSA) is 92.5 Å². The maximum absolute atomic E-state index is 11.6. The molecule has 1 aliphatic heterocycles. The molecule has 0 aliphatic carbocycles. The zero-order valence-corrected chi connectivity index (χ0v) is 11.6. The fourth-order valence-corrected chi connectivity index (χ4v) is 2.26. The van der Waals surface area contributed by atoms with E-state index in [0.29, 0.717) is 31.6 Å². The summed E-state index contributed by atoms with van der Waals surface area (Å²) in [6.07, 6.45) is 3.27. The van der Waals surface area contributed by atoms with Gasteiger partial charge in [0.25, 0.3) is 0 Å². The van der Waals surface area contributed by atoms with Crippen molar-refractivity contribution < 1.29 is 9.53 Å². The summed E-state index contributed by atoms with van der Waals surface area (Å²) in [5.74, 6) is 5.96. The van der Waals surface area contributed by atoms with Gasteiger partial charge in [0.15, 0.2) is 0 Å². The molecule has 1 aromatic rings. The predicted octanol–water partition coefficient (Wildman–Crippen LogP) is 1.40. The van der Waals surface area contributed by atoms with E-state index in [1.54, 1.807) is 11.1 Å². The molecule has 0 atom stereocenters. The van der Waals surface area contributed by atoms with Gasteiger partial charge in [-0.1, -0.05) is 0 Å². The number of nitrogens with one attached hydrogen (secondary N) is 2. The molecular weight excluding hydrogens is 258 g/mol. The fourth-order valence-electron chi connectivity index (χ4n) is 2.26. The number of carbonyl (C=O) groups is 1. The van der Waals surface area contributed by atoms with Crippen molar-refractivity contribution in [3.05, 3.63) is 18.3 Å². The summed E-state index contributed by atoms with van der Waals surface area (Å²) in [4.78, 5) is 17.4. The van der Waals surface area contributed by atoms with Crippen LogP contribution in [0.5, 0.6) is 0 Å². The number of nitrogens with two attached hydrogens (primary N) is 1. The highest BCUT2D eigenvalue weighted by molar-refractivity contribution is 5.67. The Morgan fingerprint density at radius 3 is 2.95 bits per heavy atom. The molecule has 0 saturated carbocycles. The van der Waals surface area contributed by atoms with Gasteiger partial charge in [0.2, 0.25) is 0 Å². The minimum absolute atomic E-state index is 0.218. The molecule has 0 radical (unpaired) electrons. The van der Waals surface area contributed by atoms with Crippen molar-refractivity contribution in [2.24, 2.45) is 5.84 Å². The number of nitrogen functional groups attached to an aromatic ring is 1. The molecular formula is C13H21N5O2. The number of amides is 1. The lowest BCUT2D eigenvalue weighted by Gasteiger charge is -2.32. The first kappa shape index (κ1) is 14.4. The number of aromatic nitrogens is 1. The minimum atomic E-state index is -0.218. The lowest BCUT2D eigenvalue weighted by Crippen LogP contribution is -2.42. The molecule has 0 aromatic carbocycles. The van der Waals surface area contributed by atoms with Crippen LogP contribution in [0.3, 0.4) is 0 Å². The number of hydrogen-bond donors (Lipinski definition) is 3. The smallest absolute Gasteiger partial charge is 0.409 e. The third-order valence-corrected chi connectivity index (χ3v) is 3.30. The molecule has 7 nitrogen and oxygen atoms in total. The normalized spacial score (nSPS) is 15.8. The van der Waals surface area contributed by atoms with Gasteiger partial charge in [-0.15, -0.1) is 0 Å². The Morgan fingerprint density at radius 1 is 1.55 bits per heavy atom. The van der Waals surface area contributed by atoms with E-state index in [9.17, 15) is 4.79 Å². The lowest BCUT2D eigenvalue weighted by molar-refractivity contribution is 0.0983. The summed E-state index contributed by atoms with van der Waals surface area (Å²) >= 11 is 0. The summed E-state index contributed by atoms with van der Waals surface area (Å²) in [5.41, 5.74) is 3.49. The van der Waals surface area contributed by atoms with Crippen molar-refractivity contribution in [1.82, 2.24) is 9.88 Å². The van der Waals surface area contributed by atoms with Crippen LogP contribution in [-0.2, 0) is 4.74 Å². The molecule has 4 N–H and O–H groups in total. The predicted molar refractivity (Wildman–Crippen MR) is 77.3 cm³/mol. The van der Waals surface area contributed by atoms with Gasteiger partial charge in [0, 0.05) is 37.1 Å². The molecule has 1 fully saturated rings. The van der Waals surface area contributed by atoms with E-state index in [0.717, 1.165) is 18.5 Å². The van der Waals surface area contributed by atoms with E-state index >= 15 is 0 Å². The number of piperidine rings is 1. The summed E-state index contributed by atoms with van der Waals surface area (Å²) in [5, 5.41) is 3.43. The number of carbonyl (C=O) groups excluding carboxylic acids is 1. The summed E-state index contributed by atoms with van der Waals surface area (Å²) < 4.78 is 5.00. The first-order valence-corrected chi connectivity index (χ1v) is 6.84. The van der Waals surface area contributed by atoms with E-state index in [4.69, 9.17) is 10.6 Å². The van der Waals surface area contributed by atoms with Crippen LogP contribution in [0.25, 0.3) is 0 Å². The van der Waals surface area contributed by atoms with Gasteiger partial charge >= 0.3 is 6.09 Å². The number of likely N-dealkylation sites (tertiary alicyclic amines) is 1. The Bertz CT molecular complexity index is 446. The largest absolute Gasteiger partial charge is 0.450 e. The molecule has 110 valence electrons. The average Bonchev–Trinajstić information content (AvgIpc) is 2.48. The van der Waals surface area contributed by atoms with Crippen LogP contribution in [0.1, 0.15) is 19.8 Å². The number of ether oxygens (including phenoxy) is 1. The third-order valence-electron chi connectivity index (χ3n) is 3.30. The monoisotopic (exact) mass is 279 g/mol. The second kappa shape index (κ2) is 6.95. The molecule has 20 heavy (non-hydrogen) atoms. The first-order valence-electron chi connectivity index (χ1n) is 6.84. The van der Waals surface area contributed by atoms with Crippen molar-refractivity contribution >= 4 is 17.6 Å². The fraction of sp³-hybridized carbons (Fsp3) is 0.538. The van der Waals surface area contributed by atoms with Gasteiger partial charge in [-0.25, -0.2) is 15.6 Å². The second-order valence-corrected chi connectivity index (χ2v) is 4.68. The zero-order chi connectivity index (χ0) is 14.4. The molecule has 1 aliphatic rings. The Hall–Kier alpha value is -2.02. The van der Waals surface area contributed by atoms with Gasteiger partial charge in [0.05, 0.1) is 6.61 Å². The Kier molecular flexibility index (Phi) is 5.00. The van der Waals surface area contributed by atoms with Crippen LogP contribution >= 0.6 is 0 Å². The van der Waals surface area contributed by atoms with E-state index in [1.165, 1.54) is 0 Å². The summed E-state index contributed by atoms with van der Waals surface area (Å²) in [6.45, 7) is 3.66. The molecule has 1 saturated heterocycles. The average molecular weight is 279 g/mol. The SMILES string of the molecule is CCOC(=O)N1CCC(Nc2ccnc(NN)c2)CC1. The first-order chi connectivity index (χ1) is 9.72. The lowest BCUT2D eigenvalue weighted by atomic mass is 10.1. The van der Waals surface area contributed by atoms with E-state index in [-0.39, 0.29) is 6.09 Å². The van der Waals surface area contributed by atoms with E-state index in [1.807, 2.05) is 19.1 Å². The third kappa shape index (κ3) is 3.74. The van der Waals surface area contributed by atoms with Crippen molar-refractivity contribution in [3.63, 3.8) is 0 Å². The maximum atomic E-state index is 11.6. The van der Waals surface area contributed by atoms with Crippen LogP contribution in [-0.4, -0.2) is 41.7 Å². The Morgan fingerprint density at radius 2 is 2.30 bits per heavy atom. The number of rotatable bonds is 4. The van der Waals surface area contributed by atoms with E-state index in [2.05, 4.69) is 15.7 Å². The minimum Gasteiger partial charge on any atom is -0.450 e. The molecule has 0 unspecified atom stereocenters. The van der Waals surface area contributed by atoms with Crippen LogP contribution in [0, 0.1) is 0 Å². The van der Waals surface area contributed by atoms with Gasteiger partial charge in [0.1, 0.15) is 5.82 Å². The van der Waals surface area contributed by atoms with Crippen molar-refractivity contribution in [3.8, 4) is 0 Å². The van der Waals surface area contributed by atoms with Gasteiger partial charge in [-0.2, -0.15) is 0 Å². The molecule has 0 spiro atoms. The summed E-state index contributed by atoms with van der Waals surface area (Å²) in [7, 11) is 0. The van der Waals surface area contributed by atoms with Crippen LogP contribution in [0.4, 0.5) is 16.3 Å². The zero-order valence-electron chi connectivity index (χ0n) is 11.6. The molecule has 0 bridgehead atoms. The quantitative estimate of drug-likeness (QED) is 0.570. The number of pyridine rings is 1. The number of hydrazine groups is 1. The number of anilines is 2. The molecule has 7 heteroatoms.